The molecule has 0 radical (unpaired) electrons. The minimum atomic E-state index is -0.911. The number of hydrogen-bond donors (Lipinski definition) is 0. The molecular weight excluding hydrogens is 344 g/mol. The number of benzene rings is 1. The summed E-state index contributed by atoms with van der Waals surface area (Å²) < 4.78 is 2.07. The van der Waals surface area contributed by atoms with Gasteiger partial charge in [-0.2, -0.15) is 0 Å². The minimum absolute atomic E-state index is 0.0428. The van der Waals surface area contributed by atoms with Crippen LogP contribution in [0.4, 0.5) is 11.4 Å². The Morgan fingerprint density at radius 3 is 1.92 bits per heavy atom. The van der Waals surface area contributed by atoms with Crippen molar-refractivity contribution >= 4 is 11.4 Å². The first-order chi connectivity index (χ1) is 12.3. The van der Waals surface area contributed by atoms with Crippen molar-refractivity contribution in [2.24, 2.45) is 0 Å². The van der Waals surface area contributed by atoms with Crippen molar-refractivity contribution in [2.75, 3.05) is 0 Å². The van der Waals surface area contributed by atoms with Crippen LogP contribution >= 0.6 is 0 Å². The van der Waals surface area contributed by atoms with Gasteiger partial charge >= 0.3 is 16.9 Å². The molecule has 0 saturated carbocycles. The molecule has 2 aromatic rings. The molecule has 1 aromatic carbocycles. The van der Waals surface area contributed by atoms with E-state index in [-0.39, 0.29) is 30.9 Å². The Morgan fingerprint density at radius 2 is 1.46 bits per heavy atom. The van der Waals surface area contributed by atoms with Crippen LogP contribution in [0.2, 0.25) is 0 Å². The Labute approximate surface area is 147 Å². The molecule has 0 amide bonds. The van der Waals surface area contributed by atoms with Gasteiger partial charge < -0.3 is 0 Å². The van der Waals surface area contributed by atoms with Crippen LogP contribution in [0, 0.1) is 20.2 Å². The lowest BCUT2D eigenvalue weighted by Gasteiger charge is -2.13. The summed E-state index contributed by atoms with van der Waals surface area (Å²) in [5.74, 6) is 0. The highest BCUT2D eigenvalue weighted by Gasteiger charge is 2.26. The molecule has 138 valence electrons. The fourth-order valence-corrected chi connectivity index (χ4v) is 2.82. The Hall–Kier alpha value is -3.30. The molecule has 0 aliphatic heterocycles. The molecule has 10 nitrogen and oxygen atoms in total. The van der Waals surface area contributed by atoms with E-state index in [1.165, 1.54) is 16.7 Å². The van der Waals surface area contributed by atoms with E-state index in [0.717, 1.165) is 4.57 Å². The van der Waals surface area contributed by atoms with Gasteiger partial charge in [0.15, 0.2) is 0 Å². The summed E-state index contributed by atoms with van der Waals surface area (Å²) in [4.78, 5) is 45.6. The molecule has 0 spiro atoms. The van der Waals surface area contributed by atoms with E-state index in [1.807, 2.05) is 0 Å². The molecule has 2 rings (SSSR count). The van der Waals surface area contributed by atoms with E-state index in [2.05, 4.69) is 0 Å². The lowest BCUT2D eigenvalue weighted by atomic mass is 10.1. The highest BCUT2D eigenvalue weighted by Crippen LogP contribution is 2.17. The smallest absolute Gasteiger partial charge is 0.291 e. The third-order valence-electron chi connectivity index (χ3n) is 4.12. The number of hydrogen-bond acceptors (Lipinski definition) is 6. The number of non-ortho nitro benzene ring substituents is 1. The van der Waals surface area contributed by atoms with Crippen LogP contribution in [0.1, 0.15) is 25.1 Å². The third-order valence-corrected chi connectivity index (χ3v) is 4.12. The number of rotatable bonds is 7. The van der Waals surface area contributed by atoms with Gasteiger partial charge in [-0.15, -0.1) is 0 Å². The summed E-state index contributed by atoms with van der Waals surface area (Å²) in [6, 6.07) is 5.77. The summed E-state index contributed by atoms with van der Waals surface area (Å²) in [5.41, 5.74) is -1.38. The molecule has 10 heteroatoms. The van der Waals surface area contributed by atoms with E-state index in [4.69, 9.17) is 0 Å². The molecule has 0 aliphatic rings. The summed E-state index contributed by atoms with van der Waals surface area (Å²) in [7, 11) is 0. The summed E-state index contributed by atoms with van der Waals surface area (Å²) >= 11 is 0. The number of nitro benzene ring substituents is 1. The van der Waals surface area contributed by atoms with Crippen molar-refractivity contribution in [1.82, 2.24) is 9.13 Å². The predicted molar refractivity (Wildman–Crippen MR) is 93.5 cm³/mol. The van der Waals surface area contributed by atoms with Crippen LogP contribution in [-0.4, -0.2) is 19.0 Å². The van der Waals surface area contributed by atoms with Gasteiger partial charge in [0, 0.05) is 25.2 Å². The predicted octanol–water partition coefficient (Wildman–Crippen LogP) is 1.65. The Kier molecular flexibility index (Phi) is 5.65. The summed E-state index contributed by atoms with van der Waals surface area (Å²) in [6.45, 7) is 3.48. The fourth-order valence-electron chi connectivity index (χ4n) is 2.82. The molecule has 26 heavy (non-hydrogen) atoms. The molecular formula is C16H18N4O6. The molecule has 1 aromatic heterocycles. The maximum Gasteiger partial charge on any atom is 0.353 e. The lowest BCUT2D eigenvalue weighted by Crippen LogP contribution is -2.42. The van der Waals surface area contributed by atoms with Crippen LogP contribution in [-0.2, 0) is 25.9 Å². The van der Waals surface area contributed by atoms with Crippen molar-refractivity contribution in [3.05, 3.63) is 76.6 Å². The largest absolute Gasteiger partial charge is 0.353 e. The van der Waals surface area contributed by atoms with Crippen LogP contribution in [0.15, 0.2) is 33.9 Å². The van der Waals surface area contributed by atoms with Crippen molar-refractivity contribution in [3.8, 4) is 0 Å². The average Bonchev–Trinajstić information content (AvgIpc) is 2.60. The molecule has 0 fully saturated rings. The van der Waals surface area contributed by atoms with Crippen molar-refractivity contribution < 1.29 is 9.85 Å². The normalized spacial score (nSPS) is 10.7. The standard InChI is InChI=1S/C16H18N4O6/c1-3-17-13(10-7-11-5-8-12(9-6-11)19(23)24)14(20(25)26)15(21)18(4-2)16(17)22/h5-6,8-9H,3-4,7,10H2,1-2H3. The molecule has 0 unspecified atom stereocenters. The van der Waals surface area contributed by atoms with Crippen LogP contribution in [0.5, 0.6) is 0 Å². The molecule has 0 saturated heterocycles. The zero-order valence-electron chi connectivity index (χ0n) is 14.4. The third kappa shape index (κ3) is 3.53. The Balaban J connectivity index is 2.48. The maximum atomic E-state index is 12.4. The van der Waals surface area contributed by atoms with Gasteiger partial charge in [0.05, 0.1) is 9.85 Å². The number of nitro groups is 2. The van der Waals surface area contributed by atoms with Gasteiger partial charge in [0.2, 0.25) is 0 Å². The van der Waals surface area contributed by atoms with E-state index < -0.39 is 26.8 Å². The van der Waals surface area contributed by atoms with Gasteiger partial charge in [-0.3, -0.25) is 34.2 Å². The first kappa shape index (κ1) is 19.0. The lowest BCUT2D eigenvalue weighted by molar-refractivity contribution is -0.387. The van der Waals surface area contributed by atoms with Gasteiger partial charge in [0.25, 0.3) is 5.69 Å². The number of nitrogens with zero attached hydrogens (tertiary/aromatic N) is 4. The van der Waals surface area contributed by atoms with E-state index in [1.54, 1.807) is 26.0 Å². The quantitative estimate of drug-likeness (QED) is 0.544. The van der Waals surface area contributed by atoms with Gasteiger partial charge in [-0.1, -0.05) is 12.1 Å². The highest BCUT2D eigenvalue weighted by molar-refractivity contribution is 5.36. The molecule has 1 heterocycles. The van der Waals surface area contributed by atoms with Crippen LogP contribution < -0.4 is 11.2 Å². The molecule has 0 N–H and O–H groups in total. The fraction of sp³-hybridized carbons (Fsp3) is 0.375. The van der Waals surface area contributed by atoms with E-state index >= 15 is 0 Å². The Morgan fingerprint density at radius 1 is 0.885 bits per heavy atom. The second-order valence-corrected chi connectivity index (χ2v) is 5.55. The summed E-state index contributed by atoms with van der Waals surface area (Å²) in [5, 5.41) is 22.1. The maximum absolute atomic E-state index is 12.4. The van der Waals surface area contributed by atoms with Crippen molar-refractivity contribution in [2.45, 2.75) is 39.8 Å². The van der Waals surface area contributed by atoms with Crippen LogP contribution in [0.3, 0.4) is 0 Å². The zero-order chi connectivity index (χ0) is 19.4. The van der Waals surface area contributed by atoms with E-state index in [9.17, 15) is 29.8 Å². The van der Waals surface area contributed by atoms with Crippen molar-refractivity contribution in [1.29, 1.82) is 0 Å². The average molecular weight is 362 g/mol. The first-order valence-corrected chi connectivity index (χ1v) is 8.06. The number of aryl methyl sites for hydroxylation is 1. The van der Waals surface area contributed by atoms with Crippen molar-refractivity contribution in [3.63, 3.8) is 0 Å². The second-order valence-electron chi connectivity index (χ2n) is 5.55. The topological polar surface area (TPSA) is 130 Å². The van der Waals surface area contributed by atoms with Gasteiger partial charge in [-0.25, -0.2) is 4.79 Å². The molecule has 0 aliphatic carbocycles. The van der Waals surface area contributed by atoms with E-state index in [0.29, 0.717) is 12.0 Å². The number of aromatic nitrogens is 2. The minimum Gasteiger partial charge on any atom is -0.291 e. The molecule has 0 bridgehead atoms. The second kappa shape index (κ2) is 7.72. The SMILES string of the molecule is CCn1c(CCc2ccc([N+](=O)[O-])cc2)c([N+](=O)[O-])c(=O)n(CC)c1=O. The summed E-state index contributed by atoms with van der Waals surface area (Å²) in [6.07, 6.45) is 0.394. The van der Waals surface area contributed by atoms with Gasteiger partial charge in [0.1, 0.15) is 5.69 Å². The molecule has 0 atom stereocenters. The highest BCUT2D eigenvalue weighted by atomic mass is 16.6. The Bertz CT molecular complexity index is 958. The monoisotopic (exact) mass is 362 g/mol. The zero-order valence-corrected chi connectivity index (χ0v) is 14.4. The van der Waals surface area contributed by atoms with Gasteiger partial charge in [-0.05, 0) is 32.3 Å². The first-order valence-electron chi connectivity index (χ1n) is 8.06. The van der Waals surface area contributed by atoms with Crippen LogP contribution in [0.25, 0.3) is 0 Å².